The second kappa shape index (κ2) is 12.2. The van der Waals surface area contributed by atoms with E-state index in [0.29, 0.717) is 12.8 Å². The summed E-state index contributed by atoms with van der Waals surface area (Å²) in [4.78, 5) is 13.0. The molecule has 0 bridgehead atoms. The summed E-state index contributed by atoms with van der Waals surface area (Å²) >= 11 is 6.90. The minimum absolute atomic E-state index is 0.0927. The maximum atomic E-state index is 10.5. The second-order valence-electron chi connectivity index (χ2n) is 7.17. The molecule has 1 fully saturated rings. The fourth-order valence-corrected chi connectivity index (χ4v) is 6.05. The van der Waals surface area contributed by atoms with Crippen LogP contribution >= 0.6 is 39.0 Å². The van der Waals surface area contributed by atoms with Gasteiger partial charge in [-0.2, -0.15) is 0 Å². The molecule has 1 aliphatic rings. The lowest BCUT2D eigenvalue weighted by atomic mass is 10.0. The second-order valence-corrected chi connectivity index (χ2v) is 10.5. The Labute approximate surface area is 183 Å². The van der Waals surface area contributed by atoms with Crippen LogP contribution in [0.25, 0.3) is 0 Å². The Balaban J connectivity index is 1.76. The van der Waals surface area contributed by atoms with Gasteiger partial charge in [0, 0.05) is 25.9 Å². The molecule has 1 aromatic rings. The van der Waals surface area contributed by atoms with Crippen LogP contribution in [0.5, 0.6) is 0 Å². The zero-order valence-electron chi connectivity index (χ0n) is 16.1. The molecule has 28 heavy (non-hydrogen) atoms. The summed E-state index contributed by atoms with van der Waals surface area (Å²) in [6, 6.07) is 2.12. The van der Waals surface area contributed by atoms with Gasteiger partial charge in [-0.1, -0.05) is 18.2 Å². The molecule has 1 aromatic heterocycles. The third-order valence-corrected chi connectivity index (χ3v) is 8.39. The van der Waals surface area contributed by atoms with Crippen LogP contribution in [-0.2, 0) is 11.2 Å². The molecule has 7 heteroatoms. The van der Waals surface area contributed by atoms with E-state index < -0.39 is 12.1 Å². The average molecular weight is 489 g/mol. The smallest absolute Gasteiger partial charge is 0.303 e. The summed E-state index contributed by atoms with van der Waals surface area (Å²) in [6.07, 6.45) is 9.91. The molecular weight excluding hydrogens is 460 g/mol. The average Bonchev–Trinajstić information content (AvgIpc) is 3.16. The lowest BCUT2D eigenvalue weighted by Gasteiger charge is -2.17. The Morgan fingerprint density at radius 2 is 2.25 bits per heavy atom. The number of unbranched alkanes of at least 4 members (excludes halogenated alkanes) is 1. The molecule has 156 valence electrons. The number of carboxylic acids is 1. The summed E-state index contributed by atoms with van der Waals surface area (Å²) in [5, 5.41) is 31.3. The van der Waals surface area contributed by atoms with E-state index in [-0.39, 0.29) is 23.7 Å². The van der Waals surface area contributed by atoms with Gasteiger partial charge in [-0.15, -0.1) is 23.1 Å². The van der Waals surface area contributed by atoms with E-state index in [0.717, 1.165) is 30.2 Å². The topological polar surface area (TPSA) is 77.8 Å². The van der Waals surface area contributed by atoms with Crippen molar-refractivity contribution < 1.29 is 20.1 Å². The first-order chi connectivity index (χ1) is 13.4. The lowest BCUT2D eigenvalue weighted by molar-refractivity contribution is -0.137. The Morgan fingerprint density at radius 1 is 1.46 bits per heavy atom. The Morgan fingerprint density at radius 3 is 2.93 bits per heavy atom. The Bertz CT molecular complexity index is 666. The number of hydrogen-bond acceptors (Lipinski definition) is 5. The monoisotopic (exact) mass is 488 g/mol. The number of thiophene rings is 1. The van der Waals surface area contributed by atoms with Gasteiger partial charge in [0.15, 0.2) is 0 Å². The molecule has 0 amide bonds. The van der Waals surface area contributed by atoms with Crippen molar-refractivity contribution in [3.05, 3.63) is 43.9 Å². The number of thioether (sulfide) groups is 1. The van der Waals surface area contributed by atoms with Gasteiger partial charge in [0.25, 0.3) is 0 Å². The first-order valence-electron chi connectivity index (χ1n) is 9.68. The summed E-state index contributed by atoms with van der Waals surface area (Å²) < 4.78 is 1.13. The van der Waals surface area contributed by atoms with Crippen molar-refractivity contribution in [2.24, 2.45) is 5.92 Å². The van der Waals surface area contributed by atoms with Crippen molar-refractivity contribution in [1.29, 1.82) is 0 Å². The summed E-state index contributed by atoms with van der Waals surface area (Å²) in [5.74, 6) is -0.519. The van der Waals surface area contributed by atoms with Crippen LogP contribution in [-0.4, -0.2) is 38.7 Å². The first kappa shape index (κ1) is 23.7. The number of halogens is 1. The molecule has 0 aromatic carbocycles. The highest BCUT2D eigenvalue weighted by molar-refractivity contribution is 9.10. The highest BCUT2D eigenvalue weighted by atomic mass is 79.9. The minimum atomic E-state index is -0.766. The van der Waals surface area contributed by atoms with Crippen LogP contribution in [0.4, 0.5) is 0 Å². The van der Waals surface area contributed by atoms with Crippen molar-refractivity contribution in [3.8, 4) is 0 Å². The maximum Gasteiger partial charge on any atom is 0.303 e. The van der Waals surface area contributed by atoms with Gasteiger partial charge < -0.3 is 15.3 Å². The molecule has 4 atom stereocenters. The zero-order valence-corrected chi connectivity index (χ0v) is 19.3. The van der Waals surface area contributed by atoms with E-state index in [4.69, 9.17) is 5.11 Å². The van der Waals surface area contributed by atoms with Gasteiger partial charge in [-0.25, -0.2) is 0 Å². The highest BCUT2D eigenvalue weighted by Crippen LogP contribution is 2.37. The summed E-state index contributed by atoms with van der Waals surface area (Å²) in [5.41, 5.74) is 0. The number of aliphatic hydroxyl groups is 2. The summed E-state index contributed by atoms with van der Waals surface area (Å²) in [7, 11) is 0. The van der Waals surface area contributed by atoms with Crippen LogP contribution < -0.4 is 0 Å². The molecular formula is C21H29BrO4S2. The van der Waals surface area contributed by atoms with Crippen LogP contribution in [0.3, 0.4) is 0 Å². The van der Waals surface area contributed by atoms with Crippen molar-refractivity contribution in [1.82, 2.24) is 0 Å². The number of carboxylic acid groups (broad SMARTS) is 1. The summed E-state index contributed by atoms with van der Waals surface area (Å²) in [6.45, 7) is 2.08. The Hall–Kier alpha value is -0.600. The van der Waals surface area contributed by atoms with Crippen molar-refractivity contribution in [2.75, 3.05) is 0 Å². The van der Waals surface area contributed by atoms with Crippen molar-refractivity contribution in [3.63, 3.8) is 0 Å². The molecule has 3 N–H and O–H groups in total. The van der Waals surface area contributed by atoms with E-state index in [2.05, 4.69) is 35.0 Å². The van der Waals surface area contributed by atoms with Gasteiger partial charge in [0.2, 0.25) is 0 Å². The number of aliphatic carboxylic acids is 1. The predicted molar refractivity (Wildman–Crippen MR) is 121 cm³/mol. The fourth-order valence-electron chi connectivity index (χ4n) is 3.26. The minimum Gasteiger partial charge on any atom is -0.481 e. The normalized spacial score (nSPS) is 23.8. The standard InChI is InChI=1S/C21H29BrO4S2/c1-14-18(22)13-17(28-14)10-9-16(23)8-6-15-7-11-19(24)21(15)27-12-4-2-3-5-20(25)26/h4,6,8,12-13,15-16,19,21,23-24H,2-3,5,7,9-11H2,1H3,(H,25,26)/t15-,16+,19?,21+/m0/s1. The van der Waals surface area contributed by atoms with Crippen LogP contribution in [0.15, 0.2) is 34.2 Å². The molecule has 1 saturated carbocycles. The number of rotatable bonds is 11. The number of hydrogen-bond donors (Lipinski definition) is 3. The van der Waals surface area contributed by atoms with E-state index in [1.165, 1.54) is 9.75 Å². The highest BCUT2D eigenvalue weighted by Gasteiger charge is 2.33. The molecule has 1 aliphatic carbocycles. The molecule has 0 radical (unpaired) electrons. The van der Waals surface area contributed by atoms with E-state index >= 15 is 0 Å². The van der Waals surface area contributed by atoms with Gasteiger partial charge in [0.05, 0.1) is 12.2 Å². The number of aliphatic hydroxyl groups excluding tert-OH is 2. The quantitative estimate of drug-likeness (QED) is 0.290. The van der Waals surface area contributed by atoms with Gasteiger partial charge >= 0.3 is 5.97 Å². The zero-order chi connectivity index (χ0) is 20.5. The molecule has 0 aliphatic heterocycles. The van der Waals surface area contributed by atoms with Crippen LogP contribution in [0.2, 0.25) is 0 Å². The molecule has 0 spiro atoms. The first-order valence-corrected chi connectivity index (χ1v) is 12.2. The largest absolute Gasteiger partial charge is 0.481 e. The number of allylic oxidation sites excluding steroid dienone is 2. The fraction of sp³-hybridized carbons (Fsp3) is 0.571. The van der Waals surface area contributed by atoms with Gasteiger partial charge in [-0.05, 0) is 78.8 Å². The lowest BCUT2D eigenvalue weighted by Crippen LogP contribution is -2.20. The van der Waals surface area contributed by atoms with Crippen LogP contribution in [0, 0.1) is 12.8 Å². The maximum absolute atomic E-state index is 10.5. The third-order valence-electron chi connectivity index (χ3n) is 4.87. The van der Waals surface area contributed by atoms with E-state index in [9.17, 15) is 15.0 Å². The third kappa shape index (κ3) is 8.03. The Kier molecular flexibility index (Phi) is 10.3. The number of carbonyl (C=O) groups is 1. The molecule has 1 heterocycles. The van der Waals surface area contributed by atoms with Crippen LogP contribution in [0.1, 0.15) is 48.3 Å². The van der Waals surface area contributed by atoms with Gasteiger partial charge in [-0.3, -0.25) is 4.79 Å². The molecule has 2 rings (SSSR count). The molecule has 4 nitrogen and oxygen atoms in total. The van der Waals surface area contributed by atoms with E-state index in [1.807, 2.05) is 17.6 Å². The van der Waals surface area contributed by atoms with Gasteiger partial charge in [0.1, 0.15) is 0 Å². The van der Waals surface area contributed by atoms with Crippen molar-refractivity contribution >= 4 is 45.0 Å². The molecule has 1 unspecified atom stereocenters. The number of aryl methyl sites for hydroxylation is 2. The SMILES string of the molecule is Cc1sc(CC[C@H](O)C=C[C@H]2CCC(O)[C@@H]2SC=CCCCC(=O)O)cc1Br. The predicted octanol–water partition coefficient (Wildman–Crippen LogP) is 5.31. The van der Waals surface area contributed by atoms with Crippen molar-refractivity contribution in [2.45, 2.75) is 69.3 Å². The molecule has 0 saturated heterocycles. The van der Waals surface area contributed by atoms with E-state index in [1.54, 1.807) is 23.1 Å².